The smallest absolute Gasteiger partial charge is 0.269 e. The van der Waals surface area contributed by atoms with Crippen LogP contribution in [-0.2, 0) is 6.42 Å². The van der Waals surface area contributed by atoms with Crippen LogP contribution in [0.25, 0.3) is 0 Å². The topological polar surface area (TPSA) is 195 Å². The number of aromatic nitrogens is 1. The van der Waals surface area contributed by atoms with E-state index in [0.717, 1.165) is 0 Å². The first-order valence-electron chi connectivity index (χ1n) is 7.23. The van der Waals surface area contributed by atoms with Crippen LogP contribution in [0.4, 0.5) is 17.3 Å². The first kappa shape index (κ1) is 18.6. The average molecular weight is 362 g/mol. The van der Waals surface area contributed by atoms with Gasteiger partial charge in [-0.25, -0.2) is 4.98 Å². The zero-order valence-electron chi connectivity index (χ0n) is 13.6. The van der Waals surface area contributed by atoms with E-state index in [4.69, 9.17) is 16.3 Å². The molecule has 0 aliphatic carbocycles. The van der Waals surface area contributed by atoms with Crippen LogP contribution in [0.1, 0.15) is 27.0 Å². The van der Waals surface area contributed by atoms with Crippen LogP contribution in [0.15, 0.2) is 24.3 Å². The number of rotatable bonds is 5. The summed E-state index contributed by atoms with van der Waals surface area (Å²) in [4.78, 5) is 26.0. The normalized spacial score (nSPS) is 9.37. The Balaban J connectivity index is 2.29. The number of carbonyl (C=O) groups excluding carboxylic acids is 1. The molecule has 0 bridgehead atoms. The fourth-order valence-corrected chi connectivity index (χ4v) is 2.17. The van der Waals surface area contributed by atoms with Gasteiger partial charge in [0.05, 0.1) is 23.0 Å². The maximum atomic E-state index is 12.1. The highest BCUT2D eigenvalue weighted by atomic mass is 16.6. The summed E-state index contributed by atoms with van der Waals surface area (Å²) in [7, 11) is 0. The number of nitrogen functional groups attached to an aromatic ring is 1. The van der Waals surface area contributed by atoms with Gasteiger partial charge in [-0.1, -0.05) is 0 Å². The molecule has 0 radical (unpaired) electrons. The van der Waals surface area contributed by atoms with Gasteiger partial charge >= 0.3 is 0 Å². The van der Waals surface area contributed by atoms with Crippen LogP contribution in [0.5, 0.6) is 0 Å². The number of non-ortho nitro benzene ring substituents is 1. The molecule has 2 rings (SSSR count). The number of nitro benzene ring substituents is 1. The summed E-state index contributed by atoms with van der Waals surface area (Å²) in [6.45, 7) is 0. The molecule has 0 unspecified atom stereocenters. The number of hydrogen-bond donors (Lipinski definition) is 3. The molecule has 2 aromatic rings. The Bertz CT molecular complexity index is 1040. The molecule has 4 N–H and O–H groups in total. The van der Waals surface area contributed by atoms with Crippen molar-refractivity contribution in [1.29, 1.82) is 15.8 Å². The van der Waals surface area contributed by atoms with Gasteiger partial charge < -0.3 is 5.73 Å². The predicted molar refractivity (Wildman–Crippen MR) is 91.6 cm³/mol. The molecule has 0 fully saturated rings. The van der Waals surface area contributed by atoms with Crippen molar-refractivity contribution in [3.05, 3.63) is 56.6 Å². The minimum absolute atomic E-state index is 0.0830. The third-order valence-electron chi connectivity index (χ3n) is 3.44. The second kappa shape index (κ2) is 7.92. The fourth-order valence-electron chi connectivity index (χ4n) is 2.17. The SMILES string of the molecule is N#CCc1c(C#N)c(N)nc(NNC(=O)c2ccc([N+](=O)[O-])cc2)c1C#N. The lowest BCUT2D eigenvalue weighted by atomic mass is 10.0. The molecular weight excluding hydrogens is 352 g/mol. The number of anilines is 2. The van der Waals surface area contributed by atoms with E-state index in [9.17, 15) is 20.2 Å². The molecule has 1 heterocycles. The molecule has 132 valence electrons. The second-order valence-electron chi connectivity index (χ2n) is 5.02. The minimum atomic E-state index is -0.652. The Morgan fingerprint density at radius 1 is 1.19 bits per heavy atom. The van der Waals surface area contributed by atoms with Gasteiger partial charge in [-0.15, -0.1) is 0 Å². The number of carbonyl (C=O) groups is 1. The van der Waals surface area contributed by atoms with Crippen molar-refractivity contribution in [2.75, 3.05) is 11.2 Å². The molecule has 11 heteroatoms. The molecule has 11 nitrogen and oxygen atoms in total. The van der Waals surface area contributed by atoms with Gasteiger partial charge in [0.2, 0.25) is 0 Å². The number of amides is 1. The Morgan fingerprint density at radius 2 is 1.81 bits per heavy atom. The molecule has 1 aromatic heterocycles. The number of nitrogens with one attached hydrogen (secondary N) is 2. The largest absolute Gasteiger partial charge is 0.383 e. The third-order valence-corrected chi connectivity index (χ3v) is 3.44. The lowest BCUT2D eigenvalue weighted by Gasteiger charge is -2.13. The predicted octanol–water partition coefficient (Wildman–Crippen LogP) is 1.14. The van der Waals surface area contributed by atoms with Crippen molar-refractivity contribution in [3.63, 3.8) is 0 Å². The monoisotopic (exact) mass is 362 g/mol. The van der Waals surface area contributed by atoms with E-state index in [1.165, 1.54) is 24.3 Å². The third kappa shape index (κ3) is 3.87. The summed E-state index contributed by atoms with van der Waals surface area (Å²) in [5.41, 5.74) is 10.2. The van der Waals surface area contributed by atoms with Crippen molar-refractivity contribution in [2.24, 2.45) is 0 Å². The Kier molecular flexibility index (Phi) is 5.47. The van der Waals surface area contributed by atoms with Crippen molar-refractivity contribution < 1.29 is 9.72 Å². The van der Waals surface area contributed by atoms with Crippen molar-refractivity contribution in [3.8, 4) is 18.2 Å². The number of nitro groups is 1. The summed E-state index contributed by atoms with van der Waals surface area (Å²) >= 11 is 0. The van der Waals surface area contributed by atoms with E-state index in [-0.39, 0.29) is 46.0 Å². The highest BCUT2D eigenvalue weighted by molar-refractivity contribution is 5.95. The van der Waals surface area contributed by atoms with Gasteiger partial charge in [-0.3, -0.25) is 25.8 Å². The maximum absolute atomic E-state index is 12.1. The van der Waals surface area contributed by atoms with Crippen molar-refractivity contribution >= 4 is 23.2 Å². The number of nitriles is 3. The summed E-state index contributed by atoms with van der Waals surface area (Å²) in [5.74, 6) is -0.983. The van der Waals surface area contributed by atoms with Gasteiger partial charge in [0.1, 0.15) is 23.5 Å². The molecule has 0 spiro atoms. The minimum Gasteiger partial charge on any atom is -0.383 e. The van der Waals surface area contributed by atoms with Gasteiger partial charge in [0.15, 0.2) is 5.82 Å². The van der Waals surface area contributed by atoms with Gasteiger partial charge in [-0.2, -0.15) is 15.8 Å². The Hall–Kier alpha value is -4.69. The Morgan fingerprint density at radius 3 is 2.33 bits per heavy atom. The number of hydrazine groups is 1. The highest BCUT2D eigenvalue weighted by Crippen LogP contribution is 2.25. The quantitative estimate of drug-likeness (QED) is 0.516. The van der Waals surface area contributed by atoms with E-state index in [1.807, 2.05) is 12.1 Å². The van der Waals surface area contributed by atoms with E-state index in [1.54, 1.807) is 6.07 Å². The molecule has 0 aliphatic rings. The van der Waals surface area contributed by atoms with E-state index in [2.05, 4.69) is 15.8 Å². The zero-order valence-corrected chi connectivity index (χ0v) is 13.6. The molecular formula is C16H10N8O3. The molecule has 0 aliphatic heterocycles. The number of nitrogens with two attached hydrogens (primary N) is 1. The molecule has 27 heavy (non-hydrogen) atoms. The highest BCUT2D eigenvalue weighted by Gasteiger charge is 2.19. The first-order chi connectivity index (χ1) is 12.9. The van der Waals surface area contributed by atoms with Crippen LogP contribution in [0, 0.1) is 44.1 Å². The molecule has 1 aromatic carbocycles. The van der Waals surface area contributed by atoms with E-state index < -0.39 is 10.8 Å². The first-order valence-corrected chi connectivity index (χ1v) is 7.23. The van der Waals surface area contributed by atoms with Gasteiger partial charge in [-0.05, 0) is 12.1 Å². The lowest BCUT2D eigenvalue weighted by Crippen LogP contribution is -2.30. The Labute approximate surface area is 152 Å². The van der Waals surface area contributed by atoms with Crippen LogP contribution in [0.3, 0.4) is 0 Å². The standard InChI is InChI=1S/C16H10N8O3/c17-6-5-11-12(7-18)14(20)21-15(13(11)8-19)22-23-16(25)9-1-3-10(4-2-9)24(26)27/h1-4H,5H2,(H,23,25)(H3,20,21,22). The van der Waals surface area contributed by atoms with Gasteiger partial charge in [0.25, 0.3) is 11.6 Å². The zero-order chi connectivity index (χ0) is 20.0. The summed E-state index contributed by atoms with van der Waals surface area (Å²) < 4.78 is 0. The molecule has 1 amide bonds. The van der Waals surface area contributed by atoms with Crippen LogP contribution in [-0.4, -0.2) is 15.8 Å². The van der Waals surface area contributed by atoms with Crippen LogP contribution >= 0.6 is 0 Å². The van der Waals surface area contributed by atoms with Crippen molar-refractivity contribution in [1.82, 2.24) is 10.4 Å². The second-order valence-corrected chi connectivity index (χ2v) is 5.02. The summed E-state index contributed by atoms with van der Waals surface area (Å²) in [5, 5.41) is 38.0. The number of nitrogens with zero attached hydrogens (tertiary/aromatic N) is 5. The van der Waals surface area contributed by atoms with E-state index in [0.29, 0.717) is 0 Å². The summed E-state index contributed by atoms with van der Waals surface area (Å²) in [6.07, 6.45) is -0.247. The van der Waals surface area contributed by atoms with Crippen LogP contribution in [0.2, 0.25) is 0 Å². The fraction of sp³-hybridized carbons (Fsp3) is 0.0625. The number of hydrogen-bond acceptors (Lipinski definition) is 9. The lowest BCUT2D eigenvalue weighted by molar-refractivity contribution is -0.384. The van der Waals surface area contributed by atoms with Crippen LogP contribution < -0.4 is 16.6 Å². The van der Waals surface area contributed by atoms with Crippen molar-refractivity contribution in [2.45, 2.75) is 6.42 Å². The summed E-state index contributed by atoms with van der Waals surface area (Å²) in [6, 6.07) is 10.3. The molecule has 0 atom stereocenters. The maximum Gasteiger partial charge on any atom is 0.269 e. The molecule has 0 saturated carbocycles. The van der Waals surface area contributed by atoms with Gasteiger partial charge in [0, 0.05) is 23.3 Å². The number of pyridine rings is 1. The number of benzene rings is 1. The van der Waals surface area contributed by atoms with E-state index >= 15 is 0 Å². The molecule has 0 saturated heterocycles. The average Bonchev–Trinajstić information content (AvgIpc) is 2.66.